The van der Waals surface area contributed by atoms with E-state index in [1.807, 2.05) is 11.1 Å². The number of hydrogen-bond acceptors (Lipinski definition) is 40. The Balaban J connectivity index is -0.000000462. The van der Waals surface area contributed by atoms with Gasteiger partial charge in [-0.1, -0.05) is 53.6 Å². The number of nitrogens with one attached hydrogen (secondary N) is 3. The van der Waals surface area contributed by atoms with Crippen molar-refractivity contribution in [1.82, 2.24) is 15.0 Å². The summed E-state index contributed by atoms with van der Waals surface area (Å²) in [5.74, 6) is -3.30. The largest absolute Gasteiger partial charge is 0.494 e. The average Bonchev–Trinajstić information content (AvgIpc) is 1.22. The number of aromatic amines is 3. The number of carbonyl (C=O) groups excluding carboxylic acids is 3. The standard InChI is InChI=1S/C13H19BO2.C13H5F3N4O5.C7HClF3N3O3.C7H3F3N4O3.C6H10N2O4.2C5H6N2O3.C4H4N2O3.C4H5NO.C2H3ClO.C2H2N2O2/c1-10-7-6-8-11(9-10)14-15-12(2,3)13(4,5)16-14;14-13(15,16)9-8(5-17)12(21)18-10(11(9)20(24)25)6-2-1-3-7(4-6)19(22)23;8-5-4(14(16)17)3(7(9,10)11)2(1-12)6(15)13-5;8-7(9,10)3-2(1-11)6(15)13-5(12)4(3)14(16)17;1-6(11-2,12-3)5(4-7)8(9)10;2*1-4(10-2)5(3-6)7(8)9;1-3(7)4(2-5)6(8)9;1-4(6)2-3-5;1-2(3)4;3-1-2-4(5)6/h6-9H,1-5H3;1-4H,(H,18,21);(H,13,15);(H3,12,13,15);5H,1-3H3;2*1-2H3;4H,1H3;2H2,1H3;1H3;2H2/b;;;;;2*5-4+;;;;. The number of methoxy groups -OCH3 is 4. The van der Waals surface area contributed by atoms with Gasteiger partial charge in [0.1, 0.15) is 58.5 Å². The number of benzene rings is 2. The van der Waals surface area contributed by atoms with Crippen molar-refractivity contribution in [1.29, 1.82) is 47.4 Å². The van der Waals surface area contributed by atoms with Crippen molar-refractivity contribution in [2.45, 2.75) is 130 Å². The molecule has 2 aromatic carbocycles. The normalized spacial score (nSPS) is 12.1. The van der Waals surface area contributed by atoms with Crippen LogP contribution in [0.1, 0.15) is 115 Å². The summed E-state index contributed by atoms with van der Waals surface area (Å²) in [7, 11) is 4.80. The van der Waals surface area contributed by atoms with E-state index in [0.717, 1.165) is 54.9 Å². The zero-order valence-electron chi connectivity index (χ0n) is 69.8. The Kier molecular flexibility index (Phi) is 52.6. The van der Waals surface area contributed by atoms with Gasteiger partial charge in [0.05, 0.1) is 67.5 Å². The Morgan fingerprint density at radius 3 is 1.17 bits per heavy atom. The first-order valence-corrected chi connectivity index (χ1v) is 34.3. The van der Waals surface area contributed by atoms with Crippen LogP contribution in [-0.4, -0.2) is 147 Å². The first-order chi connectivity index (χ1) is 60.4. The monoisotopic (exact) mass is 1920 g/mol. The van der Waals surface area contributed by atoms with Crippen molar-refractivity contribution in [2.24, 2.45) is 0 Å². The molecular formula is C68H64BCl2F9N22O30. The molecule has 0 spiro atoms. The number of rotatable bonds is 18. The highest BCUT2D eigenvalue weighted by molar-refractivity contribution is 6.63. The number of nitro groups is 9. The Labute approximate surface area is 741 Å². The van der Waals surface area contributed by atoms with Gasteiger partial charge in [-0.15, -0.1) is 0 Å². The number of pyridine rings is 3. The van der Waals surface area contributed by atoms with Gasteiger partial charge in [-0.3, -0.25) is 120 Å². The van der Waals surface area contributed by atoms with Gasteiger partial charge in [0, 0.05) is 74.4 Å². The third kappa shape index (κ3) is 40.1. The van der Waals surface area contributed by atoms with Gasteiger partial charge in [0.15, 0.2) is 57.4 Å². The number of nitro benzene ring substituents is 1. The van der Waals surface area contributed by atoms with E-state index in [-0.39, 0.29) is 52.8 Å². The lowest BCUT2D eigenvalue weighted by atomic mass is 9.78. The minimum atomic E-state index is -5.36. The van der Waals surface area contributed by atoms with Crippen molar-refractivity contribution < 1.29 is 126 Å². The van der Waals surface area contributed by atoms with E-state index in [4.69, 9.17) is 83.5 Å². The van der Waals surface area contributed by atoms with Crippen LogP contribution in [0.4, 0.5) is 68.1 Å². The highest BCUT2D eigenvalue weighted by atomic mass is 35.5. The molecule has 4 heterocycles. The van der Waals surface area contributed by atoms with Gasteiger partial charge in [-0.05, 0) is 65.5 Å². The number of nitrogens with zero attached hydrogens (tertiary/aromatic N) is 18. The van der Waals surface area contributed by atoms with Gasteiger partial charge in [-0.2, -0.15) is 86.9 Å². The van der Waals surface area contributed by atoms with Crippen LogP contribution in [0.3, 0.4) is 0 Å². The number of non-ortho nitro benzene ring substituents is 1. The molecular weight excluding hydrogens is 1860 g/mol. The molecule has 0 bridgehead atoms. The van der Waals surface area contributed by atoms with Gasteiger partial charge in [0.25, 0.3) is 28.9 Å². The average molecular weight is 1920 g/mol. The number of allylic oxidation sites excluding steroid dienone is 4. The van der Waals surface area contributed by atoms with E-state index >= 15 is 0 Å². The lowest BCUT2D eigenvalue weighted by Crippen LogP contribution is -2.46. The number of nitriles is 9. The Hall–Kier alpha value is -17.0. The zero-order chi connectivity index (χ0) is 105. The van der Waals surface area contributed by atoms with Gasteiger partial charge >= 0.3 is 66.2 Å². The number of aryl methyl sites for hydroxylation is 1. The summed E-state index contributed by atoms with van der Waals surface area (Å²) in [6, 6.07) is 20.6. The summed E-state index contributed by atoms with van der Waals surface area (Å²) in [6.45, 7) is 17.5. The number of halogens is 11. The molecule has 1 aliphatic heterocycles. The van der Waals surface area contributed by atoms with Crippen LogP contribution >= 0.6 is 23.2 Å². The maximum Gasteiger partial charge on any atom is 0.494 e. The number of ether oxygens (including phenoxy) is 4. The fourth-order valence-corrected chi connectivity index (χ4v) is 8.29. The number of anilines is 1. The molecule has 0 saturated carbocycles. The van der Waals surface area contributed by atoms with Crippen LogP contribution < -0.4 is 27.9 Å². The molecule has 6 rings (SSSR count). The Morgan fingerprint density at radius 1 is 0.553 bits per heavy atom. The van der Waals surface area contributed by atoms with Crippen molar-refractivity contribution in [3.05, 3.63) is 238 Å². The second-order valence-corrected chi connectivity index (χ2v) is 25.4. The molecule has 0 radical (unpaired) electrons. The summed E-state index contributed by atoms with van der Waals surface area (Å²) >= 11 is 9.79. The molecule has 0 amide bonds. The fourth-order valence-electron chi connectivity index (χ4n) is 8.04. The molecule has 2 atom stereocenters. The van der Waals surface area contributed by atoms with Gasteiger partial charge in [-0.25, -0.2) is 0 Å². The van der Waals surface area contributed by atoms with Crippen LogP contribution in [0.5, 0.6) is 0 Å². The molecule has 5 aromatic rings. The number of ketones is 2. The third-order valence-corrected chi connectivity index (χ3v) is 15.2. The molecule has 0 aliphatic carbocycles. The SMILES string of the molecule is CC(=O)C(C#N)[N+](=O)[O-].CC(=O)CC#N.CC(=O)Cl.CO/C(C)=C(\C#N)[N+](=O)[O-].CO/C(C)=C(\C#N)[N+](=O)[O-].COC(C)(OC)C(C#N)[N+](=O)[O-].Cc1cccc(B2OC(C)(C)C(C)(C)O2)c1.N#CC[N+](=O)[O-].N#Cc1c(C(F)(F)F)c([N+](=O)[O-])c(-c2cccc([N+](=O)[O-])c2)[nH]c1=O.N#Cc1c(C(F)(F)F)c([N+](=O)[O-])c(Cl)[nH]c1=O.N#Cc1c(C(F)(F)F)c([N+](=O)[O-])c(N)[nH]c1=O. The molecule has 132 heavy (non-hydrogen) atoms. The number of alkyl halides is 9. The Bertz CT molecular complexity index is 5610. The van der Waals surface area contributed by atoms with Crippen LogP contribution in [0.15, 0.2) is 85.8 Å². The molecule has 1 aliphatic rings. The predicted octanol–water partition coefficient (Wildman–Crippen LogP) is 9.91. The lowest BCUT2D eigenvalue weighted by Gasteiger charge is -2.32. The zero-order valence-corrected chi connectivity index (χ0v) is 71.3. The second kappa shape index (κ2) is 56.2. The molecule has 2 unspecified atom stereocenters. The number of Topliss-reactive ketones (excluding diaryl/α,β-unsaturated/α-hetero) is 2. The first kappa shape index (κ1) is 124. The molecule has 1 fully saturated rings. The van der Waals surface area contributed by atoms with Crippen molar-refractivity contribution in [2.75, 3.05) is 40.7 Å². The minimum absolute atomic E-state index is 0.0208. The van der Waals surface area contributed by atoms with Crippen molar-refractivity contribution in [3.63, 3.8) is 0 Å². The summed E-state index contributed by atoms with van der Waals surface area (Å²) in [5.41, 5.74) is -15.3. The molecule has 52 nitrogen and oxygen atoms in total. The number of aromatic nitrogens is 3. The second-order valence-electron chi connectivity index (χ2n) is 24.5. The number of carbonyl (C=O) groups is 3. The van der Waals surface area contributed by atoms with Crippen molar-refractivity contribution >= 4 is 81.2 Å². The van der Waals surface area contributed by atoms with E-state index in [0.29, 0.717) is 0 Å². The highest BCUT2D eigenvalue weighted by Gasteiger charge is 2.52. The molecule has 706 valence electrons. The minimum Gasteiger partial charge on any atom is -0.494 e. The van der Waals surface area contributed by atoms with E-state index < -0.39 is 194 Å². The lowest BCUT2D eigenvalue weighted by molar-refractivity contribution is -0.547. The predicted molar refractivity (Wildman–Crippen MR) is 424 cm³/mol. The fraction of sp³-hybridized carbons (Fsp3) is 0.368. The number of nitrogen functional groups attached to an aromatic ring is 1. The number of H-pyrrole nitrogens is 3. The molecule has 3 aromatic heterocycles. The number of hydrogen-bond donors (Lipinski definition) is 4. The maximum atomic E-state index is 13.2. The van der Waals surface area contributed by atoms with Crippen LogP contribution in [0, 0.1) is 200 Å². The number of nitrogens with two attached hydrogens (primary N) is 1. The summed E-state index contributed by atoms with van der Waals surface area (Å²) < 4.78 is 145. The van der Waals surface area contributed by atoms with E-state index in [9.17, 15) is 159 Å². The third-order valence-electron chi connectivity index (χ3n) is 14.9. The van der Waals surface area contributed by atoms with E-state index in [1.54, 1.807) is 16.0 Å². The molecule has 1 saturated heterocycles. The first-order valence-electron chi connectivity index (χ1n) is 33.5. The van der Waals surface area contributed by atoms with Crippen molar-refractivity contribution in [3.8, 4) is 65.9 Å². The van der Waals surface area contributed by atoms with Gasteiger partial charge in [0.2, 0.25) is 16.8 Å². The quantitative estimate of drug-likeness (QED) is 0.00605. The summed E-state index contributed by atoms with van der Waals surface area (Å²) in [5, 5.41) is 164. The summed E-state index contributed by atoms with van der Waals surface area (Å²) in [4.78, 5) is 151. The smallest absolute Gasteiger partial charge is 0.494 e. The Morgan fingerprint density at radius 2 is 0.932 bits per heavy atom. The molecule has 64 heteroatoms. The van der Waals surface area contributed by atoms with E-state index in [2.05, 4.69) is 73.9 Å². The maximum absolute atomic E-state index is 13.2. The van der Waals surface area contributed by atoms with Crippen LogP contribution in [0.25, 0.3) is 11.3 Å². The van der Waals surface area contributed by atoms with E-state index in [1.165, 1.54) is 99.0 Å². The topological polar surface area (TPSA) is 834 Å². The summed E-state index contributed by atoms with van der Waals surface area (Å²) in [6.07, 6.45) is -15.8. The van der Waals surface area contributed by atoms with Crippen LogP contribution in [-0.2, 0) is 61.2 Å². The van der Waals surface area contributed by atoms with Gasteiger partial charge < -0.3 is 48.9 Å². The van der Waals surface area contributed by atoms with Crippen LogP contribution in [0.2, 0.25) is 5.15 Å². The molecule has 5 N–H and O–H groups in total. The highest BCUT2D eigenvalue weighted by Crippen LogP contribution is 2.44.